The van der Waals surface area contributed by atoms with E-state index in [9.17, 15) is 30.7 Å². The quantitative estimate of drug-likeness (QED) is 0.320. The molecule has 0 bridgehead atoms. The van der Waals surface area contributed by atoms with Gasteiger partial charge < -0.3 is 4.74 Å². The van der Waals surface area contributed by atoms with E-state index in [2.05, 4.69) is 38.0 Å². The molecule has 0 amide bonds. The molecule has 0 aliphatic rings. The van der Waals surface area contributed by atoms with Crippen molar-refractivity contribution in [3.05, 3.63) is 12.1 Å². The summed E-state index contributed by atoms with van der Waals surface area (Å²) in [7, 11) is 0. The molecule has 0 aromatic carbocycles. The summed E-state index contributed by atoms with van der Waals surface area (Å²) in [5.41, 5.74) is -5.38. The van der Waals surface area contributed by atoms with Crippen molar-refractivity contribution >= 4 is 39.2 Å². The third-order valence-electron chi connectivity index (χ3n) is 1.09. The minimum absolute atomic E-state index is 2.45. The standard InChI is InChI=1S/C4Cl3F7OSi/c5-16(6,7)4(13,14)3(11,12)15-2(10)1(8)9. The summed E-state index contributed by atoms with van der Waals surface area (Å²) in [6.07, 6.45) is -9.04. The van der Waals surface area contributed by atoms with Gasteiger partial charge >= 0.3 is 29.8 Å². The summed E-state index contributed by atoms with van der Waals surface area (Å²) in [6.45, 7) is 0. The molecule has 0 aliphatic heterocycles. The van der Waals surface area contributed by atoms with E-state index in [4.69, 9.17) is 0 Å². The van der Waals surface area contributed by atoms with Crippen molar-refractivity contribution in [1.29, 1.82) is 0 Å². The normalized spacial score (nSPS) is 13.6. The zero-order valence-electron chi connectivity index (χ0n) is 6.69. The van der Waals surface area contributed by atoms with Gasteiger partial charge in [0.15, 0.2) is 0 Å². The molecule has 0 saturated carbocycles. The zero-order valence-corrected chi connectivity index (χ0v) is 9.96. The highest BCUT2D eigenvalue weighted by Gasteiger charge is 2.73. The third kappa shape index (κ3) is 3.31. The zero-order chi connectivity index (χ0) is 13.4. The van der Waals surface area contributed by atoms with E-state index in [0.717, 1.165) is 0 Å². The van der Waals surface area contributed by atoms with Gasteiger partial charge in [-0.15, -0.1) is 33.2 Å². The lowest BCUT2D eigenvalue weighted by Gasteiger charge is -2.28. The minimum atomic E-state index is -5.70. The molecule has 0 unspecified atom stereocenters. The average Bonchev–Trinajstić information content (AvgIpc) is 2.00. The van der Waals surface area contributed by atoms with Gasteiger partial charge in [-0.3, -0.25) is 0 Å². The fraction of sp³-hybridized carbons (Fsp3) is 0.500. The first kappa shape index (κ1) is 16.1. The van der Waals surface area contributed by atoms with E-state index in [1.54, 1.807) is 0 Å². The van der Waals surface area contributed by atoms with Crippen LogP contribution in [0.2, 0.25) is 0 Å². The van der Waals surface area contributed by atoms with Crippen LogP contribution < -0.4 is 0 Å². The van der Waals surface area contributed by atoms with Crippen LogP contribution in [0.5, 0.6) is 0 Å². The van der Waals surface area contributed by atoms with Crippen LogP contribution >= 0.6 is 33.2 Å². The van der Waals surface area contributed by atoms with Gasteiger partial charge in [0, 0.05) is 0 Å². The minimum Gasteiger partial charge on any atom is -0.398 e. The van der Waals surface area contributed by atoms with Crippen LogP contribution in [0, 0.1) is 0 Å². The summed E-state index contributed by atoms with van der Waals surface area (Å²) in [4.78, 5) is 0. The first-order valence-electron chi connectivity index (χ1n) is 3.05. The maximum Gasteiger partial charge on any atom is 0.466 e. The Morgan fingerprint density at radius 3 is 1.56 bits per heavy atom. The fourth-order valence-electron chi connectivity index (χ4n) is 0.380. The van der Waals surface area contributed by atoms with Gasteiger partial charge in [-0.05, 0) is 0 Å². The second-order valence-corrected chi connectivity index (χ2v) is 10.7. The van der Waals surface area contributed by atoms with Gasteiger partial charge in [-0.1, -0.05) is 0 Å². The first-order chi connectivity index (χ1) is 6.83. The van der Waals surface area contributed by atoms with E-state index in [0.29, 0.717) is 0 Å². The van der Waals surface area contributed by atoms with Crippen LogP contribution in [0.25, 0.3) is 0 Å². The lowest BCUT2D eigenvalue weighted by Crippen LogP contribution is -2.54. The SMILES string of the molecule is FC(F)=C(F)OC(F)(F)C(F)(F)[Si](Cl)(Cl)Cl. The summed E-state index contributed by atoms with van der Waals surface area (Å²) < 4.78 is 87.5. The fourth-order valence-corrected chi connectivity index (χ4v) is 1.75. The van der Waals surface area contributed by atoms with Crippen molar-refractivity contribution in [3.63, 3.8) is 0 Å². The highest BCUT2D eigenvalue weighted by molar-refractivity contribution is 7.65. The smallest absolute Gasteiger partial charge is 0.398 e. The molecule has 0 heterocycles. The second kappa shape index (κ2) is 4.79. The largest absolute Gasteiger partial charge is 0.466 e. The van der Waals surface area contributed by atoms with E-state index in [1.807, 2.05) is 0 Å². The number of hydrogen-bond donors (Lipinski definition) is 0. The molecule has 0 aromatic heterocycles. The molecule has 0 aliphatic carbocycles. The van der Waals surface area contributed by atoms with Gasteiger partial charge in [0.05, 0.1) is 0 Å². The van der Waals surface area contributed by atoms with Crippen LogP contribution in [0.1, 0.15) is 0 Å². The molecular weight excluding hydrogens is 331 g/mol. The summed E-state index contributed by atoms with van der Waals surface area (Å²) in [6, 6.07) is -8.52. The van der Waals surface area contributed by atoms with Crippen LogP contribution in [0.15, 0.2) is 12.1 Å². The van der Waals surface area contributed by atoms with Gasteiger partial charge in [-0.2, -0.15) is 30.7 Å². The van der Waals surface area contributed by atoms with Crippen molar-refractivity contribution in [2.75, 3.05) is 0 Å². The van der Waals surface area contributed by atoms with E-state index in [1.165, 1.54) is 0 Å². The molecule has 96 valence electrons. The van der Waals surface area contributed by atoms with Gasteiger partial charge in [-0.25, -0.2) is 0 Å². The first-order valence-corrected chi connectivity index (χ1v) is 8.08. The monoisotopic (exact) mass is 330 g/mol. The van der Waals surface area contributed by atoms with Crippen molar-refractivity contribution in [1.82, 2.24) is 0 Å². The third-order valence-corrected chi connectivity index (χ3v) is 4.23. The van der Waals surface area contributed by atoms with Gasteiger partial charge in [0.1, 0.15) is 0 Å². The van der Waals surface area contributed by atoms with Crippen molar-refractivity contribution in [2.24, 2.45) is 0 Å². The maximum absolute atomic E-state index is 12.7. The topological polar surface area (TPSA) is 9.23 Å². The van der Waals surface area contributed by atoms with Crippen molar-refractivity contribution in [2.45, 2.75) is 11.7 Å². The van der Waals surface area contributed by atoms with Crippen LogP contribution in [-0.4, -0.2) is 17.7 Å². The molecule has 0 spiro atoms. The Kier molecular flexibility index (Phi) is 4.83. The molecule has 0 rings (SSSR count). The molecule has 16 heavy (non-hydrogen) atoms. The van der Waals surface area contributed by atoms with E-state index < -0.39 is 29.8 Å². The maximum atomic E-state index is 12.7. The molecule has 0 radical (unpaired) electrons. The number of hydrogen-bond acceptors (Lipinski definition) is 1. The van der Waals surface area contributed by atoms with Crippen molar-refractivity contribution in [3.8, 4) is 0 Å². The summed E-state index contributed by atoms with van der Waals surface area (Å²) in [5, 5.41) is 0. The molecule has 0 fully saturated rings. The number of alkyl halides is 4. The summed E-state index contributed by atoms with van der Waals surface area (Å²) in [5.74, 6) is 0. The Morgan fingerprint density at radius 1 is 0.938 bits per heavy atom. The predicted molar refractivity (Wildman–Crippen MR) is 44.6 cm³/mol. The number of halogens is 10. The second-order valence-electron chi connectivity index (χ2n) is 2.23. The Hall–Kier alpha value is 0.137. The van der Waals surface area contributed by atoms with Crippen LogP contribution in [0.3, 0.4) is 0 Å². The lowest BCUT2D eigenvalue weighted by molar-refractivity contribution is -0.311. The Balaban J connectivity index is 5.15. The predicted octanol–water partition coefficient (Wildman–Crippen LogP) is 4.46. The highest BCUT2D eigenvalue weighted by atomic mass is 35.8. The van der Waals surface area contributed by atoms with Crippen molar-refractivity contribution < 1.29 is 35.5 Å². The van der Waals surface area contributed by atoms with E-state index in [-0.39, 0.29) is 0 Å². The molecule has 0 aromatic rings. The lowest BCUT2D eigenvalue weighted by atomic mass is 10.6. The molecular formula is C4Cl3F7OSi. The van der Waals surface area contributed by atoms with Gasteiger partial charge in [0.25, 0.3) is 0 Å². The van der Waals surface area contributed by atoms with Crippen LogP contribution in [0.4, 0.5) is 30.7 Å². The Labute approximate surface area is 98.8 Å². The Morgan fingerprint density at radius 2 is 1.31 bits per heavy atom. The Bertz CT molecular complexity index is 296. The molecule has 0 saturated heterocycles. The molecule has 0 N–H and O–H groups in total. The average molecular weight is 331 g/mol. The molecule has 1 nitrogen and oxygen atoms in total. The highest BCUT2D eigenvalue weighted by Crippen LogP contribution is 2.48. The van der Waals surface area contributed by atoms with E-state index >= 15 is 0 Å². The number of rotatable bonds is 4. The van der Waals surface area contributed by atoms with Gasteiger partial charge in [0.2, 0.25) is 0 Å². The molecule has 0 atom stereocenters. The molecule has 12 heteroatoms. The van der Waals surface area contributed by atoms with Crippen LogP contribution in [-0.2, 0) is 4.74 Å². The summed E-state index contributed by atoms with van der Waals surface area (Å²) >= 11 is 13.8. The number of ether oxygens (including phenoxy) is 1.